The Balaban J connectivity index is 2.16. The average molecular weight is 336 g/mol. The van der Waals surface area contributed by atoms with E-state index >= 15 is 0 Å². The topological polar surface area (TPSA) is 26.3 Å². The highest BCUT2D eigenvalue weighted by molar-refractivity contribution is 5.86. The summed E-state index contributed by atoms with van der Waals surface area (Å²) in [6.45, 7) is 2.70. The van der Waals surface area contributed by atoms with Crippen molar-refractivity contribution in [2.24, 2.45) is 0 Å². The summed E-state index contributed by atoms with van der Waals surface area (Å²) in [5, 5.41) is 0. The molecule has 0 atom stereocenters. The molecular formula is C19H19F3O2. The maximum atomic E-state index is 12.4. The van der Waals surface area contributed by atoms with Gasteiger partial charge >= 0.3 is 6.18 Å². The van der Waals surface area contributed by atoms with E-state index in [4.69, 9.17) is 4.74 Å². The van der Waals surface area contributed by atoms with Crippen LogP contribution in [-0.2, 0) is 11.2 Å². The summed E-state index contributed by atoms with van der Waals surface area (Å²) in [6, 6.07) is 14.0. The largest absolute Gasteiger partial charge is 0.494 e. The summed E-state index contributed by atoms with van der Waals surface area (Å²) in [4.78, 5) is 11.1. The van der Waals surface area contributed by atoms with Crippen LogP contribution in [0.15, 0.2) is 48.5 Å². The Bertz CT molecular complexity index is 693. The Hall–Kier alpha value is -2.30. The standard InChI is InChI=1S/C19H19F3O2/c1-2-3-10-24-17-9-5-8-16(13-17)15-7-4-6-14(11-15)12-18(23)19(20,21)22/h4-9,11,13H,2-3,10,12H2,1H3. The van der Waals surface area contributed by atoms with Crippen LogP contribution in [0.25, 0.3) is 11.1 Å². The molecule has 24 heavy (non-hydrogen) atoms. The minimum atomic E-state index is -4.80. The van der Waals surface area contributed by atoms with Crippen LogP contribution in [-0.4, -0.2) is 18.6 Å². The summed E-state index contributed by atoms with van der Waals surface area (Å²) in [5.41, 5.74) is 1.93. The molecule has 0 aromatic heterocycles. The third kappa shape index (κ3) is 5.11. The number of Topliss-reactive ketones (excluding diaryl/α,β-unsaturated/α-hetero) is 1. The van der Waals surface area contributed by atoms with Gasteiger partial charge in [0.25, 0.3) is 0 Å². The number of alkyl halides is 3. The molecule has 0 aliphatic heterocycles. The van der Waals surface area contributed by atoms with E-state index in [0.29, 0.717) is 12.2 Å². The number of unbranched alkanes of at least 4 members (excludes halogenated alkanes) is 1. The van der Waals surface area contributed by atoms with Crippen molar-refractivity contribution in [2.75, 3.05) is 6.61 Å². The van der Waals surface area contributed by atoms with Crippen LogP contribution in [0.5, 0.6) is 5.75 Å². The fourth-order valence-corrected chi connectivity index (χ4v) is 2.25. The Kier molecular flexibility index (Phi) is 6.01. The zero-order chi connectivity index (χ0) is 17.6. The Morgan fingerprint density at radius 3 is 2.38 bits per heavy atom. The SMILES string of the molecule is CCCCOc1cccc(-c2cccc(CC(=O)C(F)(F)F)c2)c1. The van der Waals surface area contributed by atoms with Crippen molar-refractivity contribution >= 4 is 5.78 Å². The Morgan fingerprint density at radius 1 is 1.04 bits per heavy atom. The van der Waals surface area contributed by atoms with Crippen LogP contribution < -0.4 is 4.74 Å². The Morgan fingerprint density at radius 2 is 1.71 bits per heavy atom. The molecule has 0 aliphatic carbocycles. The van der Waals surface area contributed by atoms with Crippen LogP contribution in [0.1, 0.15) is 25.3 Å². The molecule has 0 amide bonds. The molecule has 0 heterocycles. The van der Waals surface area contributed by atoms with E-state index in [1.54, 1.807) is 18.2 Å². The molecular weight excluding hydrogens is 317 g/mol. The number of benzene rings is 2. The minimum absolute atomic E-state index is 0.340. The van der Waals surface area contributed by atoms with E-state index in [9.17, 15) is 18.0 Å². The third-order valence-corrected chi connectivity index (χ3v) is 3.54. The highest BCUT2D eigenvalue weighted by atomic mass is 19.4. The van der Waals surface area contributed by atoms with E-state index in [1.807, 2.05) is 24.3 Å². The molecule has 0 bridgehead atoms. The lowest BCUT2D eigenvalue weighted by Crippen LogP contribution is -2.24. The van der Waals surface area contributed by atoms with Crippen LogP contribution in [0.4, 0.5) is 13.2 Å². The molecule has 5 heteroatoms. The first-order valence-corrected chi connectivity index (χ1v) is 7.82. The highest BCUT2D eigenvalue weighted by Gasteiger charge is 2.37. The van der Waals surface area contributed by atoms with Gasteiger partial charge < -0.3 is 4.74 Å². The zero-order valence-corrected chi connectivity index (χ0v) is 13.4. The smallest absolute Gasteiger partial charge is 0.450 e. The monoisotopic (exact) mass is 336 g/mol. The summed E-state index contributed by atoms with van der Waals surface area (Å²) < 4.78 is 42.8. The van der Waals surface area contributed by atoms with E-state index in [0.717, 1.165) is 29.7 Å². The van der Waals surface area contributed by atoms with Gasteiger partial charge in [-0.25, -0.2) is 0 Å². The van der Waals surface area contributed by atoms with Gasteiger partial charge in [-0.3, -0.25) is 4.79 Å². The number of carbonyl (C=O) groups is 1. The van der Waals surface area contributed by atoms with Gasteiger partial charge in [0.1, 0.15) is 5.75 Å². The van der Waals surface area contributed by atoms with Crippen molar-refractivity contribution < 1.29 is 22.7 Å². The molecule has 0 radical (unpaired) electrons. The van der Waals surface area contributed by atoms with Crippen molar-refractivity contribution in [3.63, 3.8) is 0 Å². The number of ketones is 1. The first-order chi connectivity index (χ1) is 11.4. The second-order valence-corrected chi connectivity index (χ2v) is 5.53. The van der Waals surface area contributed by atoms with Gasteiger partial charge in [-0.15, -0.1) is 0 Å². The van der Waals surface area contributed by atoms with E-state index in [-0.39, 0.29) is 0 Å². The summed E-state index contributed by atoms with van der Waals surface area (Å²) in [6.07, 6.45) is -3.46. The summed E-state index contributed by atoms with van der Waals surface area (Å²) in [7, 11) is 0. The predicted octanol–water partition coefficient (Wildman–Crippen LogP) is 5.21. The van der Waals surface area contributed by atoms with Gasteiger partial charge in [0, 0.05) is 6.42 Å². The van der Waals surface area contributed by atoms with Crippen molar-refractivity contribution in [1.82, 2.24) is 0 Å². The molecule has 2 aromatic carbocycles. The van der Waals surface area contributed by atoms with Gasteiger partial charge in [-0.05, 0) is 35.2 Å². The van der Waals surface area contributed by atoms with Crippen molar-refractivity contribution in [1.29, 1.82) is 0 Å². The predicted molar refractivity (Wildman–Crippen MR) is 87.0 cm³/mol. The van der Waals surface area contributed by atoms with E-state index < -0.39 is 18.4 Å². The summed E-state index contributed by atoms with van der Waals surface area (Å²) in [5.74, 6) is -1.02. The molecule has 2 rings (SSSR count). The highest BCUT2D eigenvalue weighted by Crippen LogP contribution is 2.26. The van der Waals surface area contributed by atoms with Crippen molar-refractivity contribution in [3.8, 4) is 16.9 Å². The molecule has 2 nitrogen and oxygen atoms in total. The lowest BCUT2D eigenvalue weighted by molar-refractivity contribution is -0.170. The van der Waals surface area contributed by atoms with Gasteiger partial charge in [0.05, 0.1) is 6.61 Å². The molecule has 2 aromatic rings. The quantitative estimate of drug-likeness (QED) is 0.649. The number of hydrogen-bond donors (Lipinski definition) is 0. The maximum Gasteiger partial charge on any atom is 0.450 e. The first kappa shape index (κ1) is 18.0. The minimum Gasteiger partial charge on any atom is -0.494 e. The van der Waals surface area contributed by atoms with Crippen LogP contribution in [0.3, 0.4) is 0 Å². The van der Waals surface area contributed by atoms with Crippen LogP contribution in [0, 0.1) is 0 Å². The van der Waals surface area contributed by atoms with Crippen LogP contribution >= 0.6 is 0 Å². The van der Waals surface area contributed by atoms with Crippen LogP contribution in [0.2, 0.25) is 0 Å². The number of ether oxygens (including phenoxy) is 1. The number of halogens is 3. The maximum absolute atomic E-state index is 12.4. The average Bonchev–Trinajstić information content (AvgIpc) is 2.55. The molecule has 128 valence electrons. The molecule has 0 aliphatic rings. The number of hydrogen-bond acceptors (Lipinski definition) is 2. The van der Waals surface area contributed by atoms with E-state index in [1.165, 1.54) is 6.07 Å². The molecule has 0 saturated heterocycles. The second kappa shape index (κ2) is 7.99. The number of rotatable bonds is 7. The molecule has 0 saturated carbocycles. The van der Waals surface area contributed by atoms with Gasteiger partial charge in [0.15, 0.2) is 0 Å². The zero-order valence-electron chi connectivity index (χ0n) is 13.4. The van der Waals surface area contributed by atoms with Gasteiger partial charge in [-0.1, -0.05) is 49.7 Å². The van der Waals surface area contributed by atoms with Crippen molar-refractivity contribution in [3.05, 3.63) is 54.1 Å². The van der Waals surface area contributed by atoms with Gasteiger partial charge in [0.2, 0.25) is 5.78 Å². The molecule has 0 N–H and O–H groups in total. The molecule has 0 fully saturated rings. The van der Waals surface area contributed by atoms with Gasteiger partial charge in [-0.2, -0.15) is 13.2 Å². The fourth-order valence-electron chi connectivity index (χ4n) is 2.25. The first-order valence-electron chi connectivity index (χ1n) is 7.82. The summed E-state index contributed by atoms with van der Waals surface area (Å²) >= 11 is 0. The molecule has 0 spiro atoms. The third-order valence-electron chi connectivity index (χ3n) is 3.54. The fraction of sp³-hybridized carbons (Fsp3) is 0.316. The normalized spacial score (nSPS) is 11.3. The lowest BCUT2D eigenvalue weighted by Gasteiger charge is -2.09. The Labute approximate surface area is 139 Å². The molecule has 0 unspecified atom stereocenters. The second-order valence-electron chi connectivity index (χ2n) is 5.53. The lowest BCUT2D eigenvalue weighted by atomic mass is 10.0. The number of carbonyl (C=O) groups excluding carboxylic acids is 1. The van der Waals surface area contributed by atoms with E-state index in [2.05, 4.69) is 6.92 Å². The van der Waals surface area contributed by atoms with Crippen molar-refractivity contribution in [2.45, 2.75) is 32.4 Å².